The zero-order valence-corrected chi connectivity index (χ0v) is 8.77. The van der Waals surface area contributed by atoms with E-state index < -0.39 is 0 Å². The molecule has 0 aromatic rings. The molecule has 0 aliphatic rings. The Morgan fingerprint density at radius 3 is 2.77 bits per heavy atom. The van der Waals surface area contributed by atoms with Crippen LogP contribution in [0.15, 0.2) is 0 Å². The summed E-state index contributed by atoms with van der Waals surface area (Å²) in [4.78, 5) is 10.8. The minimum absolute atomic E-state index is 0.221. The standard InChI is InChI=1S/C8H18N2O2S/c1-10-7(8(9)12)3-6-13-5-2-4-11/h7,10-11H,2-6H2,1H3,(H2,9,12). The number of amides is 1. The van der Waals surface area contributed by atoms with Gasteiger partial charge in [0.2, 0.25) is 5.91 Å². The Bertz CT molecular complexity index is 144. The van der Waals surface area contributed by atoms with Crippen molar-refractivity contribution in [2.75, 3.05) is 25.2 Å². The molecule has 0 saturated carbocycles. The van der Waals surface area contributed by atoms with Gasteiger partial charge in [-0.1, -0.05) is 0 Å². The van der Waals surface area contributed by atoms with E-state index in [1.807, 2.05) is 0 Å². The van der Waals surface area contributed by atoms with Crippen molar-refractivity contribution < 1.29 is 9.90 Å². The average molecular weight is 206 g/mol. The SMILES string of the molecule is CNC(CCSCCCO)C(N)=O. The highest BCUT2D eigenvalue weighted by molar-refractivity contribution is 7.99. The van der Waals surface area contributed by atoms with Gasteiger partial charge in [-0.15, -0.1) is 0 Å². The first-order valence-corrected chi connectivity index (χ1v) is 5.53. The largest absolute Gasteiger partial charge is 0.396 e. The maximum absolute atomic E-state index is 10.8. The quantitative estimate of drug-likeness (QED) is 0.471. The van der Waals surface area contributed by atoms with E-state index in [-0.39, 0.29) is 18.6 Å². The Labute approximate surface area is 83.3 Å². The van der Waals surface area contributed by atoms with Crippen LogP contribution in [0.5, 0.6) is 0 Å². The summed E-state index contributed by atoms with van der Waals surface area (Å²) in [6, 6.07) is -0.221. The number of carbonyl (C=O) groups is 1. The molecule has 4 nitrogen and oxygen atoms in total. The van der Waals surface area contributed by atoms with E-state index >= 15 is 0 Å². The van der Waals surface area contributed by atoms with Crippen LogP contribution in [0.4, 0.5) is 0 Å². The number of aliphatic hydroxyl groups is 1. The fourth-order valence-corrected chi connectivity index (χ4v) is 1.84. The second-order valence-electron chi connectivity index (χ2n) is 2.72. The number of hydrogen-bond acceptors (Lipinski definition) is 4. The molecule has 0 radical (unpaired) electrons. The maximum atomic E-state index is 10.8. The summed E-state index contributed by atoms with van der Waals surface area (Å²) >= 11 is 1.73. The molecule has 0 aliphatic heterocycles. The molecule has 5 heteroatoms. The van der Waals surface area contributed by atoms with Gasteiger partial charge in [-0.25, -0.2) is 0 Å². The zero-order chi connectivity index (χ0) is 10.1. The van der Waals surface area contributed by atoms with Crippen LogP contribution in [0, 0.1) is 0 Å². The Kier molecular flexibility index (Phi) is 8.18. The van der Waals surface area contributed by atoms with Crippen molar-refractivity contribution in [2.45, 2.75) is 18.9 Å². The van der Waals surface area contributed by atoms with Crippen LogP contribution in [0.25, 0.3) is 0 Å². The van der Waals surface area contributed by atoms with Crippen molar-refractivity contribution >= 4 is 17.7 Å². The van der Waals surface area contributed by atoms with Crippen molar-refractivity contribution in [3.05, 3.63) is 0 Å². The first-order valence-electron chi connectivity index (χ1n) is 4.37. The van der Waals surface area contributed by atoms with Crippen LogP contribution in [-0.4, -0.2) is 42.2 Å². The number of nitrogens with one attached hydrogen (secondary N) is 1. The Balaban J connectivity index is 3.33. The number of aliphatic hydroxyl groups excluding tert-OH is 1. The lowest BCUT2D eigenvalue weighted by Crippen LogP contribution is -2.39. The molecule has 0 rings (SSSR count). The van der Waals surface area contributed by atoms with E-state index in [1.165, 1.54) is 0 Å². The predicted molar refractivity (Wildman–Crippen MR) is 55.7 cm³/mol. The molecular formula is C8H18N2O2S. The minimum atomic E-state index is -0.301. The van der Waals surface area contributed by atoms with E-state index in [0.29, 0.717) is 0 Å². The van der Waals surface area contributed by atoms with Gasteiger partial charge in [0, 0.05) is 6.61 Å². The van der Waals surface area contributed by atoms with E-state index in [2.05, 4.69) is 5.32 Å². The highest BCUT2D eigenvalue weighted by Crippen LogP contribution is 2.05. The van der Waals surface area contributed by atoms with E-state index in [4.69, 9.17) is 10.8 Å². The first kappa shape index (κ1) is 12.7. The Morgan fingerprint density at radius 2 is 2.31 bits per heavy atom. The summed E-state index contributed by atoms with van der Waals surface area (Å²) in [5.74, 6) is 1.53. The van der Waals surface area contributed by atoms with Crippen LogP contribution >= 0.6 is 11.8 Å². The number of thioether (sulfide) groups is 1. The third-order valence-corrected chi connectivity index (χ3v) is 2.79. The molecule has 1 unspecified atom stereocenters. The van der Waals surface area contributed by atoms with Crippen molar-refractivity contribution in [3.8, 4) is 0 Å². The van der Waals surface area contributed by atoms with Crippen molar-refractivity contribution in [1.29, 1.82) is 0 Å². The van der Waals surface area contributed by atoms with Gasteiger partial charge in [-0.2, -0.15) is 11.8 Å². The highest BCUT2D eigenvalue weighted by Gasteiger charge is 2.11. The van der Waals surface area contributed by atoms with Gasteiger partial charge in [-0.3, -0.25) is 4.79 Å². The smallest absolute Gasteiger partial charge is 0.234 e. The first-order chi connectivity index (χ1) is 6.22. The molecule has 1 atom stereocenters. The lowest BCUT2D eigenvalue weighted by Gasteiger charge is -2.10. The molecule has 0 aromatic heterocycles. The molecule has 13 heavy (non-hydrogen) atoms. The van der Waals surface area contributed by atoms with E-state index in [0.717, 1.165) is 24.3 Å². The van der Waals surface area contributed by atoms with Gasteiger partial charge in [0.05, 0.1) is 6.04 Å². The normalized spacial score (nSPS) is 12.8. The molecule has 0 fully saturated rings. The molecule has 78 valence electrons. The lowest BCUT2D eigenvalue weighted by atomic mass is 10.2. The molecule has 0 aromatic carbocycles. The minimum Gasteiger partial charge on any atom is -0.396 e. The molecule has 0 bridgehead atoms. The highest BCUT2D eigenvalue weighted by atomic mass is 32.2. The second kappa shape index (κ2) is 8.34. The number of nitrogens with two attached hydrogens (primary N) is 1. The van der Waals surface area contributed by atoms with Crippen LogP contribution in [0.2, 0.25) is 0 Å². The van der Waals surface area contributed by atoms with Crippen molar-refractivity contribution in [3.63, 3.8) is 0 Å². The fraction of sp³-hybridized carbons (Fsp3) is 0.875. The van der Waals surface area contributed by atoms with Crippen LogP contribution < -0.4 is 11.1 Å². The number of rotatable bonds is 8. The van der Waals surface area contributed by atoms with Crippen LogP contribution in [0.1, 0.15) is 12.8 Å². The summed E-state index contributed by atoms with van der Waals surface area (Å²) in [5, 5.41) is 11.4. The molecule has 0 spiro atoms. The van der Waals surface area contributed by atoms with Gasteiger partial charge < -0.3 is 16.2 Å². The van der Waals surface area contributed by atoms with Gasteiger partial charge >= 0.3 is 0 Å². The number of likely N-dealkylation sites (N-methyl/N-ethyl adjacent to an activating group) is 1. The predicted octanol–water partition coefficient (Wildman–Crippen LogP) is -0.435. The van der Waals surface area contributed by atoms with Crippen molar-refractivity contribution in [1.82, 2.24) is 5.32 Å². The lowest BCUT2D eigenvalue weighted by molar-refractivity contribution is -0.119. The molecule has 1 amide bonds. The topological polar surface area (TPSA) is 75.3 Å². The Hall–Kier alpha value is -0.260. The summed E-state index contributed by atoms with van der Waals surface area (Å²) in [6.07, 6.45) is 1.56. The van der Waals surface area contributed by atoms with Crippen LogP contribution in [0.3, 0.4) is 0 Å². The fourth-order valence-electron chi connectivity index (χ4n) is 0.899. The molecular weight excluding hydrogens is 188 g/mol. The second-order valence-corrected chi connectivity index (χ2v) is 3.95. The van der Waals surface area contributed by atoms with Crippen LogP contribution in [-0.2, 0) is 4.79 Å². The van der Waals surface area contributed by atoms with Gasteiger partial charge in [-0.05, 0) is 31.4 Å². The van der Waals surface area contributed by atoms with Gasteiger partial charge in [0.15, 0.2) is 0 Å². The average Bonchev–Trinajstić information content (AvgIpc) is 2.10. The molecule has 0 aliphatic carbocycles. The summed E-state index contributed by atoms with van der Waals surface area (Å²) in [5.41, 5.74) is 5.14. The third-order valence-electron chi connectivity index (χ3n) is 1.69. The monoisotopic (exact) mass is 206 g/mol. The van der Waals surface area contributed by atoms with E-state index in [9.17, 15) is 4.79 Å². The summed E-state index contributed by atoms with van der Waals surface area (Å²) < 4.78 is 0. The number of primary amides is 1. The summed E-state index contributed by atoms with van der Waals surface area (Å²) in [7, 11) is 1.73. The van der Waals surface area contributed by atoms with Gasteiger partial charge in [0.1, 0.15) is 0 Å². The molecule has 0 heterocycles. The molecule has 4 N–H and O–H groups in total. The zero-order valence-electron chi connectivity index (χ0n) is 7.95. The maximum Gasteiger partial charge on any atom is 0.234 e. The van der Waals surface area contributed by atoms with Gasteiger partial charge in [0.25, 0.3) is 0 Å². The number of hydrogen-bond donors (Lipinski definition) is 3. The molecule has 0 saturated heterocycles. The van der Waals surface area contributed by atoms with Crippen molar-refractivity contribution in [2.24, 2.45) is 5.73 Å². The third kappa shape index (κ3) is 6.86. The Morgan fingerprint density at radius 1 is 1.62 bits per heavy atom. The van der Waals surface area contributed by atoms with E-state index in [1.54, 1.807) is 18.8 Å². The summed E-state index contributed by atoms with van der Waals surface area (Å²) in [6.45, 7) is 0.234. The number of carbonyl (C=O) groups excluding carboxylic acids is 1.